The summed E-state index contributed by atoms with van der Waals surface area (Å²) in [7, 11) is -3.73. The van der Waals surface area contributed by atoms with Crippen molar-refractivity contribution in [2.75, 3.05) is 24.5 Å². The van der Waals surface area contributed by atoms with Crippen molar-refractivity contribution in [2.24, 2.45) is 0 Å². The molecule has 1 saturated heterocycles. The van der Waals surface area contributed by atoms with Gasteiger partial charge in [0, 0.05) is 31.7 Å². The zero-order valence-corrected chi connectivity index (χ0v) is 14.4. The Kier molecular flexibility index (Phi) is 4.42. The molecule has 0 spiro atoms. The average Bonchev–Trinajstić information content (AvgIpc) is 2.78. The van der Waals surface area contributed by atoms with E-state index < -0.39 is 10.0 Å². The molecular formula is C16H19N3O4S. The van der Waals surface area contributed by atoms with E-state index in [9.17, 15) is 13.2 Å². The van der Waals surface area contributed by atoms with Crippen LogP contribution < -0.4 is 4.90 Å². The first-order chi connectivity index (χ1) is 11.4. The third-order valence-corrected chi connectivity index (χ3v) is 6.23. The zero-order valence-electron chi connectivity index (χ0n) is 13.6. The molecule has 0 saturated carbocycles. The molecule has 0 aliphatic carbocycles. The summed E-state index contributed by atoms with van der Waals surface area (Å²) in [5.74, 6) is 0.181. The van der Waals surface area contributed by atoms with Crippen LogP contribution in [0.15, 0.2) is 39.8 Å². The summed E-state index contributed by atoms with van der Waals surface area (Å²) in [6.45, 7) is 3.86. The highest BCUT2D eigenvalue weighted by Gasteiger charge is 2.34. The fourth-order valence-electron chi connectivity index (χ4n) is 2.90. The van der Waals surface area contributed by atoms with E-state index in [0.717, 1.165) is 5.69 Å². The van der Waals surface area contributed by atoms with Gasteiger partial charge in [0.15, 0.2) is 5.76 Å². The summed E-state index contributed by atoms with van der Waals surface area (Å²) < 4.78 is 32.1. The van der Waals surface area contributed by atoms with Crippen molar-refractivity contribution in [2.45, 2.75) is 25.2 Å². The van der Waals surface area contributed by atoms with Crippen molar-refractivity contribution in [1.82, 2.24) is 9.46 Å². The Labute approximate surface area is 140 Å². The lowest BCUT2D eigenvalue weighted by atomic mass is 10.2. The number of aromatic nitrogens is 1. The second kappa shape index (κ2) is 6.37. The van der Waals surface area contributed by atoms with E-state index in [4.69, 9.17) is 4.52 Å². The van der Waals surface area contributed by atoms with Gasteiger partial charge >= 0.3 is 0 Å². The first-order valence-electron chi connectivity index (χ1n) is 7.69. The molecule has 0 bridgehead atoms. The molecular weight excluding hydrogens is 330 g/mol. The number of sulfonamides is 1. The zero-order chi connectivity index (χ0) is 17.3. The normalized spacial score (nSPS) is 17.1. The first-order valence-corrected chi connectivity index (χ1v) is 9.13. The van der Waals surface area contributed by atoms with E-state index >= 15 is 0 Å². The van der Waals surface area contributed by atoms with Crippen molar-refractivity contribution in [3.8, 4) is 0 Å². The van der Waals surface area contributed by atoms with E-state index in [1.54, 1.807) is 18.7 Å². The highest BCUT2D eigenvalue weighted by Crippen LogP contribution is 2.25. The summed E-state index contributed by atoms with van der Waals surface area (Å²) in [4.78, 5) is 14.1. The molecule has 8 heteroatoms. The monoisotopic (exact) mass is 349 g/mol. The van der Waals surface area contributed by atoms with E-state index in [0.29, 0.717) is 12.2 Å². The summed E-state index contributed by atoms with van der Waals surface area (Å²) in [5, 5.41) is 3.72. The van der Waals surface area contributed by atoms with Gasteiger partial charge in [-0.05, 0) is 26.0 Å². The number of carbonyl (C=O) groups is 1. The highest BCUT2D eigenvalue weighted by molar-refractivity contribution is 7.89. The van der Waals surface area contributed by atoms with Crippen LogP contribution in [0.1, 0.15) is 17.9 Å². The standard InChI is InChI=1S/C16H19N3O4S/c1-12-16(13(2)23-17-12)24(21,22)18-9-8-15(20)19(11-10-18)14-6-4-3-5-7-14/h3-7H,8-11H2,1-2H3. The quantitative estimate of drug-likeness (QED) is 0.842. The Morgan fingerprint density at radius 2 is 1.79 bits per heavy atom. The molecule has 1 aromatic heterocycles. The number of para-hydroxylation sites is 1. The van der Waals surface area contributed by atoms with E-state index in [1.807, 2.05) is 30.3 Å². The van der Waals surface area contributed by atoms with Gasteiger partial charge in [-0.1, -0.05) is 23.4 Å². The Morgan fingerprint density at radius 1 is 1.08 bits per heavy atom. The fourth-order valence-corrected chi connectivity index (χ4v) is 4.62. The number of hydrogen-bond acceptors (Lipinski definition) is 5. The molecule has 24 heavy (non-hydrogen) atoms. The summed E-state index contributed by atoms with van der Waals surface area (Å²) in [6, 6.07) is 9.27. The van der Waals surface area contributed by atoms with Gasteiger partial charge < -0.3 is 9.42 Å². The molecule has 1 fully saturated rings. The molecule has 0 unspecified atom stereocenters. The third-order valence-electron chi connectivity index (χ3n) is 4.08. The van der Waals surface area contributed by atoms with Crippen LogP contribution in [0.3, 0.4) is 0 Å². The van der Waals surface area contributed by atoms with Crippen LogP contribution in [0.2, 0.25) is 0 Å². The SMILES string of the molecule is Cc1noc(C)c1S(=O)(=O)N1CCC(=O)N(c2ccccc2)CC1. The Hall–Kier alpha value is -2.19. The van der Waals surface area contributed by atoms with Gasteiger partial charge in [0.05, 0.1) is 0 Å². The number of benzene rings is 1. The molecule has 0 atom stereocenters. The predicted octanol–water partition coefficient (Wildman–Crippen LogP) is 1.72. The maximum Gasteiger partial charge on any atom is 0.248 e. The number of anilines is 1. The van der Waals surface area contributed by atoms with E-state index in [2.05, 4.69) is 5.16 Å². The highest BCUT2D eigenvalue weighted by atomic mass is 32.2. The van der Waals surface area contributed by atoms with Crippen molar-refractivity contribution in [3.05, 3.63) is 41.8 Å². The van der Waals surface area contributed by atoms with Gasteiger partial charge in [0.25, 0.3) is 0 Å². The van der Waals surface area contributed by atoms with E-state index in [-0.39, 0.29) is 36.1 Å². The molecule has 0 N–H and O–H groups in total. The number of hydrogen-bond donors (Lipinski definition) is 0. The van der Waals surface area contributed by atoms with Crippen LogP contribution in [0.5, 0.6) is 0 Å². The van der Waals surface area contributed by atoms with Gasteiger partial charge in [-0.15, -0.1) is 0 Å². The van der Waals surface area contributed by atoms with Crippen molar-refractivity contribution >= 4 is 21.6 Å². The maximum absolute atomic E-state index is 12.9. The lowest BCUT2D eigenvalue weighted by Crippen LogP contribution is -2.36. The van der Waals surface area contributed by atoms with Crippen LogP contribution in [-0.4, -0.2) is 43.4 Å². The Balaban J connectivity index is 1.87. The van der Waals surface area contributed by atoms with Gasteiger partial charge in [-0.2, -0.15) is 4.31 Å². The minimum atomic E-state index is -3.73. The van der Waals surface area contributed by atoms with Crippen molar-refractivity contribution in [1.29, 1.82) is 0 Å². The lowest BCUT2D eigenvalue weighted by molar-refractivity contribution is -0.118. The number of rotatable bonds is 3. The van der Waals surface area contributed by atoms with Crippen LogP contribution in [0, 0.1) is 13.8 Å². The van der Waals surface area contributed by atoms with Crippen LogP contribution in [0.25, 0.3) is 0 Å². The lowest BCUT2D eigenvalue weighted by Gasteiger charge is -2.22. The molecule has 7 nitrogen and oxygen atoms in total. The summed E-state index contributed by atoms with van der Waals surface area (Å²) in [6.07, 6.45) is 0.136. The van der Waals surface area contributed by atoms with Gasteiger partial charge in [-0.3, -0.25) is 4.79 Å². The molecule has 1 amide bonds. The minimum Gasteiger partial charge on any atom is -0.360 e. The largest absolute Gasteiger partial charge is 0.360 e. The van der Waals surface area contributed by atoms with Gasteiger partial charge in [0.1, 0.15) is 10.6 Å². The molecule has 2 aromatic rings. The topological polar surface area (TPSA) is 83.7 Å². The van der Waals surface area contributed by atoms with E-state index in [1.165, 1.54) is 4.31 Å². The molecule has 1 aliphatic heterocycles. The molecule has 128 valence electrons. The molecule has 1 aliphatic rings. The Bertz CT molecular complexity index is 826. The fraction of sp³-hybridized carbons (Fsp3) is 0.375. The average molecular weight is 349 g/mol. The Morgan fingerprint density at radius 3 is 2.42 bits per heavy atom. The molecule has 3 rings (SSSR count). The third kappa shape index (κ3) is 2.94. The van der Waals surface area contributed by atoms with Gasteiger partial charge in [-0.25, -0.2) is 8.42 Å². The smallest absolute Gasteiger partial charge is 0.248 e. The van der Waals surface area contributed by atoms with Crippen molar-refractivity contribution < 1.29 is 17.7 Å². The maximum atomic E-state index is 12.9. The van der Waals surface area contributed by atoms with Crippen molar-refractivity contribution in [3.63, 3.8) is 0 Å². The van der Waals surface area contributed by atoms with Gasteiger partial charge in [0.2, 0.25) is 15.9 Å². The number of amides is 1. The number of carbonyl (C=O) groups excluding carboxylic acids is 1. The minimum absolute atomic E-state index is 0.0855. The molecule has 0 radical (unpaired) electrons. The van der Waals surface area contributed by atoms with Crippen LogP contribution >= 0.6 is 0 Å². The molecule has 2 heterocycles. The summed E-state index contributed by atoms with van der Waals surface area (Å²) >= 11 is 0. The van der Waals surface area contributed by atoms with Crippen LogP contribution in [-0.2, 0) is 14.8 Å². The molecule has 1 aromatic carbocycles. The second-order valence-corrected chi connectivity index (χ2v) is 7.56. The first kappa shape index (κ1) is 16.7. The number of aryl methyl sites for hydroxylation is 2. The second-order valence-electron chi connectivity index (χ2n) is 5.69. The predicted molar refractivity (Wildman–Crippen MR) is 88.1 cm³/mol. The summed E-state index contributed by atoms with van der Waals surface area (Å²) in [5.41, 5.74) is 1.11. The van der Waals surface area contributed by atoms with Crippen LogP contribution in [0.4, 0.5) is 5.69 Å². The number of nitrogens with zero attached hydrogens (tertiary/aromatic N) is 3.